The molecule has 0 aliphatic heterocycles. The molecule has 0 fully saturated rings. The molecule has 0 heterocycles. The fraction of sp³-hybridized carbons (Fsp3) is 0.125. The zero-order valence-electron chi connectivity index (χ0n) is 20.4. The maximum Gasteiger partial charge on any atom is 0.0923 e. The average Bonchev–Trinajstić information content (AvgIpc) is 3.25. The van der Waals surface area contributed by atoms with E-state index < -0.39 is 18.5 Å². The van der Waals surface area contributed by atoms with Crippen LogP contribution in [0.15, 0.2) is 120 Å². The van der Waals surface area contributed by atoms with Crippen LogP contribution in [0.5, 0.6) is 0 Å². The number of hydrogen-bond acceptors (Lipinski definition) is 0. The number of alkyl halides is 2. The molecule has 176 valence electrons. The number of hydrogen-bond donors (Lipinski definition) is 0. The molecule has 0 radical (unpaired) electrons. The molecule has 0 aromatic heterocycles. The molecule has 36 heavy (non-hydrogen) atoms. The van der Waals surface area contributed by atoms with E-state index in [0.717, 1.165) is 0 Å². The van der Waals surface area contributed by atoms with E-state index in [-0.39, 0.29) is 25.8 Å². The fourth-order valence-electron chi connectivity index (χ4n) is 6.04. The van der Waals surface area contributed by atoms with E-state index in [9.17, 15) is 0 Å². The van der Waals surface area contributed by atoms with E-state index in [1.165, 1.54) is 55.7 Å². The van der Waals surface area contributed by atoms with Gasteiger partial charge in [0.1, 0.15) is 0 Å². The molecule has 0 spiro atoms. The molecule has 4 heteroatoms. The summed E-state index contributed by atoms with van der Waals surface area (Å²) in [7, 11) is -1.20. The minimum atomic E-state index is -1.20. The Balaban J connectivity index is 0.00000267. The summed E-state index contributed by atoms with van der Waals surface area (Å²) in [5.74, 6) is 0. The summed E-state index contributed by atoms with van der Waals surface area (Å²) < 4.78 is -1.16. The Labute approximate surface area is 244 Å². The molecule has 2 unspecified atom stereocenters. The van der Waals surface area contributed by atoms with Crippen LogP contribution in [0.2, 0.25) is 0 Å². The van der Waals surface area contributed by atoms with Crippen molar-refractivity contribution >= 4 is 43.9 Å². The molecule has 0 nitrogen and oxygen atoms in total. The van der Waals surface area contributed by atoms with Crippen molar-refractivity contribution in [3.05, 3.63) is 154 Å². The second-order valence-corrected chi connectivity index (χ2v) is 14.3. The molecule has 2 aliphatic rings. The molecule has 0 saturated carbocycles. The first-order chi connectivity index (χ1) is 16.9. The predicted octanol–water partition coefficient (Wildman–Crippen LogP) is 8.01. The minimum Gasteiger partial charge on any atom is -0.114 e. The number of rotatable bonds is 4. The standard InChI is InChI=1S/C32H26Cl2Si.Hf/c1-21-29(23-13-5-3-6-14-23)25-17-9-11-19-27(25)31(21,33)35-32(34)22(2)30(24-15-7-4-8-16-24)26-18-10-12-20-28(26)32;/h3-20H,35H2,1-2H3;. The van der Waals surface area contributed by atoms with Gasteiger partial charge in [-0.15, -0.1) is 23.2 Å². The van der Waals surface area contributed by atoms with Crippen LogP contribution in [0.25, 0.3) is 11.1 Å². The van der Waals surface area contributed by atoms with Crippen LogP contribution >= 0.6 is 23.2 Å². The summed E-state index contributed by atoms with van der Waals surface area (Å²) in [6.45, 7) is 4.42. The van der Waals surface area contributed by atoms with Gasteiger partial charge in [-0.05, 0) is 69.5 Å². The average molecular weight is 688 g/mol. The summed E-state index contributed by atoms with van der Waals surface area (Å²) in [5, 5.41) is 0. The Morgan fingerprint density at radius 2 is 0.833 bits per heavy atom. The van der Waals surface area contributed by atoms with Crippen LogP contribution in [0.1, 0.15) is 47.2 Å². The zero-order chi connectivity index (χ0) is 24.2. The van der Waals surface area contributed by atoms with E-state index in [4.69, 9.17) is 23.2 Å². The van der Waals surface area contributed by atoms with Crippen molar-refractivity contribution in [3.63, 3.8) is 0 Å². The van der Waals surface area contributed by atoms with Crippen molar-refractivity contribution in [3.8, 4) is 0 Å². The maximum absolute atomic E-state index is 7.79. The van der Waals surface area contributed by atoms with Crippen molar-refractivity contribution in [2.75, 3.05) is 0 Å². The van der Waals surface area contributed by atoms with E-state index in [1.807, 2.05) is 0 Å². The van der Waals surface area contributed by atoms with Gasteiger partial charge in [0, 0.05) is 25.8 Å². The molecule has 2 atom stereocenters. The van der Waals surface area contributed by atoms with Crippen molar-refractivity contribution in [1.29, 1.82) is 0 Å². The van der Waals surface area contributed by atoms with Crippen LogP contribution in [0.3, 0.4) is 0 Å². The van der Waals surface area contributed by atoms with Gasteiger partial charge in [0.15, 0.2) is 0 Å². The Bertz CT molecular complexity index is 1390. The smallest absolute Gasteiger partial charge is 0.0923 e. The predicted molar refractivity (Wildman–Crippen MR) is 153 cm³/mol. The Hall–Kier alpha value is -1.97. The van der Waals surface area contributed by atoms with E-state index in [2.05, 4.69) is 123 Å². The van der Waals surface area contributed by atoms with Gasteiger partial charge in [-0.25, -0.2) is 0 Å². The summed E-state index contributed by atoms with van der Waals surface area (Å²) >= 11 is 15.6. The SMILES string of the molecule is CC1=C(c2ccccc2)c2ccccc2C1(Cl)[SiH2]C1(Cl)C(C)=C(c2ccccc2)c2ccccc21.[Hf]. The van der Waals surface area contributed by atoms with E-state index in [1.54, 1.807) is 0 Å². The van der Waals surface area contributed by atoms with E-state index in [0.29, 0.717) is 0 Å². The molecular formula is C32H26Cl2HfSi. The van der Waals surface area contributed by atoms with Gasteiger partial charge in [-0.3, -0.25) is 0 Å². The number of benzene rings is 4. The van der Waals surface area contributed by atoms with Crippen LogP contribution in [-0.2, 0) is 34.8 Å². The maximum atomic E-state index is 7.79. The Morgan fingerprint density at radius 3 is 1.22 bits per heavy atom. The van der Waals surface area contributed by atoms with Gasteiger partial charge >= 0.3 is 0 Å². The van der Waals surface area contributed by atoms with Gasteiger partial charge in [-0.2, -0.15) is 0 Å². The van der Waals surface area contributed by atoms with Crippen molar-refractivity contribution in [1.82, 2.24) is 0 Å². The summed E-state index contributed by atoms with van der Waals surface area (Å²) in [6.07, 6.45) is 0. The van der Waals surface area contributed by atoms with Crippen molar-refractivity contribution in [2.24, 2.45) is 0 Å². The topological polar surface area (TPSA) is 0 Å². The largest absolute Gasteiger partial charge is 0.114 e. The summed E-state index contributed by atoms with van der Waals surface area (Å²) in [4.78, 5) is 0. The molecule has 4 aromatic carbocycles. The van der Waals surface area contributed by atoms with Crippen LogP contribution in [0.4, 0.5) is 0 Å². The molecule has 4 aromatic rings. The van der Waals surface area contributed by atoms with Crippen molar-refractivity contribution in [2.45, 2.75) is 22.8 Å². The van der Waals surface area contributed by atoms with Crippen LogP contribution < -0.4 is 0 Å². The first kappa shape index (κ1) is 25.7. The minimum absolute atomic E-state index is 0. The third kappa shape index (κ3) is 3.80. The van der Waals surface area contributed by atoms with E-state index >= 15 is 0 Å². The molecule has 6 rings (SSSR count). The molecule has 0 bridgehead atoms. The summed E-state index contributed by atoms with van der Waals surface area (Å²) in [6, 6.07) is 38.5. The fourth-order valence-corrected chi connectivity index (χ4v) is 10.5. The third-order valence-electron chi connectivity index (χ3n) is 7.80. The first-order valence-corrected chi connectivity index (χ1v) is 14.2. The van der Waals surface area contributed by atoms with Crippen LogP contribution in [0, 0.1) is 0 Å². The molecule has 2 aliphatic carbocycles. The van der Waals surface area contributed by atoms with Gasteiger partial charge < -0.3 is 0 Å². The number of halogens is 2. The van der Waals surface area contributed by atoms with Crippen LogP contribution in [-0.4, -0.2) is 9.52 Å². The molecule has 0 amide bonds. The monoisotopic (exact) mass is 688 g/mol. The summed E-state index contributed by atoms with van der Waals surface area (Å²) in [5.41, 5.74) is 12.2. The Kier molecular flexibility index (Phi) is 6.93. The second-order valence-electron chi connectivity index (χ2n) is 9.60. The Morgan fingerprint density at radius 1 is 0.500 bits per heavy atom. The number of allylic oxidation sites excluding steroid dienone is 2. The first-order valence-electron chi connectivity index (χ1n) is 12.1. The van der Waals surface area contributed by atoms with Crippen molar-refractivity contribution < 1.29 is 25.8 Å². The van der Waals surface area contributed by atoms with Gasteiger partial charge in [-0.1, -0.05) is 109 Å². The van der Waals surface area contributed by atoms with Gasteiger partial charge in [0.2, 0.25) is 0 Å². The number of fused-ring (bicyclic) bond motifs is 2. The quantitative estimate of drug-likeness (QED) is 0.151. The molecule has 0 saturated heterocycles. The normalized spacial score (nSPS) is 22.7. The molecule has 0 N–H and O–H groups in total. The zero-order valence-corrected chi connectivity index (χ0v) is 26.9. The van der Waals surface area contributed by atoms with Gasteiger partial charge in [0.05, 0.1) is 18.5 Å². The van der Waals surface area contributed by atoms with Gasteiger partial charge in [0.25, 0.3) is 0 Å². The molecular weight excluding hydrogens is 662 g/mol. The second kappa shape index (κ2) is 9.72. The third-order valence-corrected chi connectivity index (χ3v) is 12.4.